The highest BCUT2D eigenvalue weighted by atomic mass is 16.5. The Bertz CT molecular complexity index is 548. The van der Waals surface area contributed by atoms with Crippen LogP contribution < -0.4 is 10.5 Å². The molecule has 0 saturated carbocycles. The number of hydrogen-bond donors (Lipinski definition) is 1. The van der Waals surface area contributed by atoms with Crippen molar-refractivity contribution >= 4 is 0 Å². The van der Waals surface area contributed by atoms with Crippen molar-refractivity contribution in [3.63, 3.8) is 0 Å². The van der Waals surface area contributed by atoms with Gasteiger partial charge in [0, 0.05) is 6.04 Å². The summed E-state index contributed by atoms with van der Waals surface area (Å²) in [6.07, 6.45) is 2.97. The quantitative estimate of drug-likeness (QED) is 0.830. The molecule has 0 radical (unpaired) electrons. The van der Waals surface area contributed by atoms with E-state index in [1.54, 1.807) is 0 Å². The van der Waals surface area contributed by atoms with Crippen LogP contribution in [0.4, 0.5) is 0 Å². The first-order valence-electron chi connectivity index (χ1n) is 7.76. The molecule has 0 amide bonds. The molecular formula is C19H25NO. The van der Waals surface area contributed by atoms with Crippen LogP contribution in [0.5, 0.6) is 5.75 Å². The molecule has 0 saturated heterocycles. The molecular weight excluding hydrogens is 258 g/mol. The molecule has 2 aromatic rings. The van der Waals surface area contributed by atoms with Crippen molar-refractivity contribution in [2.45, 2.75) is 45.8 Å². The fourth-order valence-electron chi connectivity index (χ4n) is 2.25. The third kappa shape index (κ3) is 4.91. The molecule has 0 aliphatic heterocycles. The minimum absolute atomic E-state index is 0.224. The summed E-state index contributed by atoms with van der Waals surface area (Å²) in [7, 11) is 0. The summed E-state index contributed by atoms with van der Waals surface area (Å²) in [5.74, 6) is 0.912. The van der Waals surface area contributed by atoms with Crippen LogP contribution in [0.25, 0.3) is 0 Å². The van der Waals surface area contributed by atoms with Crippen molar-refractivity contribution in [2.75, 3.05) is 0 Å². The Hall–Kier alpha value is -1.80. The Morgan fingerprint density at radius 3 is 2.33 bits per heavy atom. The SMILES string of the molecule is CCc1ccc(COc2cccc(CC(N)CC)c2)cc1. The van der Waals surface area contributed by atoms with E-state index in [9.17, 15) is 0 Å². The average molecular weight is 283 g/mol. The summed E-state index contributed by atoms with van der Waals surface area (Å²) in [6.45, 7) is 4.89. The summed E-state index contributed by atoms with van der Waals surface area (Å²) in [4.78, 5) is 0. The van der Waals surface area contributed by atoms with Crippen molar-refractivity contribution < 1.29 is 4.74 Å². The van der Waals surface area contributed by atoms with Gasteiger partial charge in [-0.25, -0.2) is 0 Å². The number of aryl methyl sites for hydroxylation is 1. The van der Waals surface area contributed by atoms with E-state index in [1.807, 2.05) is 12.1 Å². The topological polar surface area (TPSA) is 35.2 Å². The summed E-state index contributed by atoms with van der Waals surface area (Å²) >= 11 is 0. The van der Waals surface area contributed by atoms with Gasteiger partial charge in [-0.15, -0.1) is 0 Å². The average Bonchev–Trinajstić information content (AvgIpc) is 2.53. The van der Waals surface area contributed by atoms with Gasteiger partial charge >= 0.3 is 0 Å². The predicted molar refractivity (Wildman–Crippen MR) is 88.6 cm³/mol. The molecule has 21 heavy (non-hydrogen) atoms. The van der Waals surface area contributed by atoms with Crippen LogP contribution in [0, 0.1) is 0 Å². The van der Waals surface area contributed by atoms with E-state index in [-0.39, 0.29) is 6.04 Å². The van der Waals surface area contributed by atoms with E-state index in [0.717, 1.165) is 25.0 Å². The molecule has 1 atom stereocenters. The Balaban J connectivity index is 1.94. The maximum atomic E-state index is 6.01. The molecule has 2 nitrogen and oxygen atoms in total. The lowest BCUT2D eigenvalue weighted by molar-refractivity contribution is 0.306. The van der Waals surface area contributed by atoms with Gasteiger partial charge in [0.1, 0.15) is 12.4 Å². The second-order valence-electron chi connectivity index (χ2n) is 5.48. The minimum atomic E-state index is 0.224. The third-order valence-electron chi connectivity index (χ3n) is 3.76. The van der Waals surface area contributed by atoms with Crippen molar-refractivity contribution in [3.05, 3.63) is 65.2 Å². The van der Waals surface area contributed by atoms with E-state index in [1.165, 1.54) is 16.7 Å². The Morgan fingerprint density at radius 1 is 0.952 bits per heavy atom. The number of hydrogen-bond acceptors (Lipinski definition) is 2. The van der Waals surface area contributed by atoms with Crippen molar-refractivity contribution in [1.82, 2.24) is 0 Å². The van der Waals surface area contributed by atoms with Gasteiger partial charge in [-0.3, -0.25) is 0 Å². The lowest BCUT2D eigenvalue weighted by Crippen LogP contribution is -2.21. The summed E-state index contributed by atoms with van der Waals surface area (Å²) in [6, 6.07) is 17.1. The van der Waals surface area contributed by atoms with Gasteiger partial charge in [-0.1, -0.05) is 50.2 Å². The molecule has 0 fully saturated rings. The van der Waals surface area contributed by atoms with Crippen LogP contribution in [0.3, 0.4) is 0 Å². The van der Waals surface area contributed by atoms with E-state index in [2.05, 4.69) is 50.2 Å². The molecule has 2 aromatic carbocycles. The molecule has 0 heterocycles. The molecule has 0 aliphatic rings. The highest BCUT2D eigenvalue weighted by Crippen LogP contribution is 2.17. The fourth-order valence-corrected chi connectivity index (χ4v) is 2.25. The van der Waals surface area contributed by atoms with Crippen LogP contribution in [-0.4, -0.2) is 6.04 Å². The van der Waals surface area contributed by atoms with Gasteiger partial charge in [0.25, 0.3) is 0 Å². The van der Waals surface area contributed by atoms with Crippen LogP contribution in [0.1, 0.15) is 37.0 Å². The summed E-state index contributed by atoms with van der Waals surface area (Å²) in [5.41, 5.74) is 9.80. The van der Waals surface area contributed by atoms with Gasteiger partial charge in [-0.2, -0.15) is 0 Å². The van der Waals surface area contributed by atoms with Crippen LogP contribution in [-0.2, 0) is 19.4 Å². The summed E-state index contributed by atoms with van der Waals surface area (Å²) < 4.78 is 5.88. The molecule has 0 spiro atoms. The van der Waals surface area contributed by atoms with Crippen molar-refractivity contribution in [1.29, 1.82) is 0 Å². The molecule has 2 N–H and O–H groups in total. The second-order valence-corrected chi connectivity index (χ2v) is 5.48. The number of ether oxygens (including phenoxy) is 1. The van der Waals surface area contributed by atoms with Crippen molar-refractivity contribution in [3.8, 4) is 5.75 Å². The molecule has 112 valence electrons. The Kier molecular flexibility index (Phi) is 5.82. The normalized spacial score (nSPS) is 12.1. The maximum absolute atomic E-state index is 6.01. The third-order valence-corrected chi connectivity index (χ3v) is 3.76. The van der Waals surface area contributed by atoms with Gasteiger partial charge in [-0.05, 0) is 48.1 Å². The second kappa shape index (κ2) is 7.84. The fraction of sp³-hybridized carbons (Fsp3) is 0.368. The minimum Gasteiger partial charge on any atom is -0.489 e. The van der Waals surface area contributed by atoms with E-state index < -0.39 is 0 Å². The Morgan fingerprint density at radius 2 is 1.67 bits per heavy atom. The molecule has 2 heteroatoms. The van der Waals surface area contributed by atoms with E-state index in [4.69, 9.17) is 10.5 Å². The molecule has 0 bridgehead atoms. The molecule has 2 rings (SSSR count). The summed E-state index contributed by atoms with van der Waals surface area (Å²) in [5, 5.41) is 0. The largest absolute Gasteiger partial charge is 0.489 e. The monoisotopic (exact) mass is 283 g/mol. The first-order valence-corrected chi connectivity index (χ1v) is 7.76. The molecule has 1 unspecified atom stereocenters. The first kappa shape index (κ1) is 15.6. The first-order chi connectivity index (χ1) is 10.2. The zero-order valence-corrected chi connectivity index (χ0v) is 13.0. The van der Waals surface area contributed by atoms with E-state index in [0.29, 0.717) is 6.61 Å². The smallest absolute Gasteiger partial charge is 0.120 e. The lowest BCUT2D eigenvalue weighted by atomic mass is 10.0. The number of rotatable bonds is 7. The maximum Gasteiger partial charge on any atom is 0.120 e. The number of benzene rings is 2. The van der Waals surface area contributed by atoms with E-state index >= 15 is 0 Å². The number of nitrogens with two attached hydrogens (primary N) is 1. The van der Waals surface area contributed by atoms with Gasteiger partial charge < -0.3 is 10.5 Å². The van der Waals surface area contributed by atoms with Crippen LogP contribution in [0.15, 0.2) is 48.5 Å². The molecule has 0 aliphatic carbocycles. The standard InChI is InChI=1S/C19H25NO/c1-3-15-8-10-16(11-9-15)14-21-19-7-5-6-17(13-19)12-18(20)4-2/h5-11,13,18H,3-4,12,14,20H2,1-2H3. The highest BCUT2D eigenvalue weighted by molar-refractivity contribution is 5.30. The lowest BCUT2D eigenvalue weighted by Gasteiger charge is -2.11. The zero-order chi connectivity index (χ0) is 15.1. The Labute approximate surface area is 127 Å². The van der Waals surface area contributed by atoms with Gasteiger partial charge in [0.05, 0.1) is 0 Å². The molecule has 0 aromatic heterocycles. The van der Waals surface area contributed by atoms with Crippen LogP contribution >= 0.6 is 0 Å². The van der Waals surface area contributed by atoms with Crippen molar-refractivity contribution in [2.24, 2.45) is 5.73 Å². The van der Waals surface area contributed by atoms with Gasteiger partial charge in [0.2, 0.25) is 0 Å². The zero-order valence-electron chi connectivity index (χ0n) is 13.0. The van der Waals surface area contributed by atoms with Crippen LogP contribution in [0.2, 0.25) is 0 Å². The predicted octanol–water partition coefficient (Wildman–Crippen LogP) is 4.11. The van der Waals surface area contributed by atoms with Gasteiger partial charge in [0.15, 0.2) is 0 Å². The highest BCUT2D eigenvalue weighted by Gasteiger charge is 2.03.